The second-order valence-corrected chi connectivity index (χ2v) is 10.8. The summed E-state index contributed by atoms with van der Waals surface area (Å²) in [5.74, 6) is 0.525. The lowest BCUT2D eigenvalue weighted by molar-refractivity contribution is -0.142. The summed E-state index contributed by atoms with van der Waals surface area (Å²) >= 11 is 0. The summed E-state index contributed by atoms with van der Waals surface area (Å²) in [6.45, 7) is 4.31. The molecule has 34 heavy (non-hydrogen) atoms. The number of likely N-dealkylation sites (tertiary alicyclic amines) is 1. The molecule has 4 aliphatic rings. The predicted octanol–water partition coefficient (Wildman–Crippen LogP) is 4.42. The molecule has 4 unspecified atom stereocenters. The van der Waals surface area contributed by atoms with Crippen molar-refractivity contribution in [3.63, 3.8) is 0 Å². The topological polar surface area (TPSA) is 49.9 Å². The van der Waals surface area contributed by atoms with Crippen LogP contribution in [0.2, 0.25) is 0 Å². The van der Waals surface area contributed by atoms with Gasteiger partial charge in [-0.25, -0.2) is 0 Å². The number of rotatable bonds is 3. The summed E-state index contributed by atoms with van der Waals surface area (Å²) in [6.07, 6.45) is 1.30. The van der Waals surface area contributed by atoms with E-state index in [4.69, 9.17) is 4.74 Å². The molecular weight excluding hydrogens is 445 g/mol. The molecule has 5 nitrogen and oxygen atoms in total. The van der Waals surface area contributed by atoms with Crippen molar-refractivity contribution in [3.05, 3.63) is 34.9 Å². The van der Waals surface area contributed by atoms with Crippen LogP contribution in [0, 0.1) is 17.3 Å². The molecule has 8 heteroatoms. The van der Waals surface area contributed by atoms with E-state index < -0.39 is 17.2 Å². The first-order valence-corrected chi connectivity index (χ1v) is 12.4. The summed E-state index contributed by atoms with van der Waals surface area (Å²) in [6, 6.07) is 4.41. The van der Waals surface area contributed by atoms with E-state index in [1.165, 1.54) is 19.2 Å². The van der Waals surface area contributed by atoms with Gasteiger partial charge in [0.1, 0.15) is 0 Å². The molecule has 3 aliphatic heterocycles. The van der Waals surface area contributed by atoms with Crippen LogP contribution in [-0.4, -0.2) is 54.0 Å². The van der Waals surface area contributed by atoms with E-state index in [1.807, 2.05) is 4.90 Å². The molecule has 1 aromatic carbocycles. The van der Waals surface area contributed by atoms with E-state index >= 15 is 0 Å². The van der Waals surface area contributed by atoms with E-state index in [-0.39, 0.29) is 30.4 Å². The molecule has 1 spiro atoms. The lowest BCUT2D eigenvalue weighted by Gasteiger charge is -2.37. The maximum Gasteiger partial charge on any atom is 0.416 e. The van der Waals surface area contributed by atoms with Gasteiger partial charge in [0.15, 0.2) is 0 Å². The average molecular weight is 479 g/mol. The Labute approximate surface area is 198 Å². The minimum absolute atomic E-state index is 0.0567. The van der Waals surface area contributed by atoms with Gasteiger partial charge < -0.3 is 14.5 Å². The monoisotopic (exact) mass is 478 g/mol. The highest BCUT2D eigenvalue weighted by molar-refractivity contribution is 5.87. The van der Waals surface area contributed by atoms with Crippen molar-refractivity contribution in [3.8, 4) is 0 Å². The largest absolute Gasteiger partial charge is 0.469 e. The maximum atomic E-state index is 13.7. The molecule has 2 saturated heterocycles. The number of benzene rings is 1. The Bertz CT molecular complexity index is 973. The van der Waals surface area contributed by atoms with E-state index in [9.17, 15) is 22.8 Å². The fourth-order valence-electron chi connectivity index (χ4n) is 7.11. The Kier molecular flexibility index (Phi) is 5.94. The third-order valence-electron chi connectivity index (χ3n) is 9.21. The van der Waals surface area contributed by atoms with Gasteiger partial charge in [0.2, 0.25) is 5.91 Å². The van der Waals surface area contributed by atoms with Crippen LogP contribution >= 0.6 is 0 Å². The first kappa shape index (κ1) is 23.6. The molecule has 0 N–H and O–H groups in total. The fraction of sp³-hybridized carbons (Fsp3) is 0.692. The molecule has 1 amide bonds. The van der Waals surface area contributed by atoms with E-state index in [0.29, 0.717) is 30.4 Å². The van der Waals surface area contributed by atoms with Crippen molar-refractivity contribution in [1.82, 2.24) is 9.80 Å². The molecular formula is C26H33F3N2O3. The molecule has 0 aromatic heterocycles. The van der Waals surface area contributed by atoms with Crippen LogP contribution in [0.5, 0.6) is 0 Å². The Morgan fingerprint density at radius 3 is 2.59 bits per heavy atom. The van der Waals surface area contributed by atoms with Crippen LogP contribution in [-0.2, 0) is 33.5 Å². The third-order valence-corrected chi connectivity index (χ3v) is 9.21. The molecule has 3 heterocycles. The lowest BCUT2D eigenvalue weighted by atomic mass is 9.73. The van der Waals surface area contributed by atoms with Gasteiger partial charge in [-0.2, -0.15) is 13.2 Å². The van der Waals surface area contributed by atoms with E-state index in [1.54, 1.807) is 6.07 Å². The van der Waals surface area contributed by atoms with E-state index in [0.717, 1.165) is 50.8 Å². The molecule has 4 atom stereocenters. The van der Waals surface area contributed by atoms with Crippen LogP contribution in [0.25, 0.3) is 0 Å². The van der Waals surface area contributed by atoms with Gasteiger partial charge in [0.05, 0.1) is 18.1 Å². The molecule has 5 rings (SSSR count). The van der Waals surface area contributed by atoms with Crippen LogP contribution in [0.15, 0.2) is 18.2 Å². The number of piperidine rings is 1. The average Bonchev–Trinajstić information content (AvgIpc) is 3.35. The van der Waals surface area contributed by atoms with Crippen molar-refractivity contribution >= 4 is 11.9 Å². The third kappa shape index (κ3) is 3.91. The van der Waals surface area contributed by atoms with Crippen LogP contribution in [0.4, 0.5) is 13.2 Å². The number of halogens is 3. The van der Waals surface area contributed by atoms with Crippen molar-refractivity contribution in [2.75, 3.05) is 20.2 Å². The Hall–Kier alpha value is -2.09. The molecule has 0 bridgehead atoms. The first-order chi connectivity index (χ1) is 16.1. The number of ether oxygens (including phenoxy) is 1. The molecule has 3 fully saturated rings. The minimum atomic E-state index is -4.38. The summed E-state index contributed by atoms with van der Waals surface area (Å²) in [4.78, 5) is 29.7. The van der Waals surface area contributed by atoms with Gasteiger partial charge >= 0.3 is 12.1 Å². The molecule has 1 saturated carbocycles. The second kappa shape index (κ2) is 8.54. The number of fused-ring (bicyclic) bond motifs is 2. The standard InChI is InChI=1S/C26H33F3N2O3/c1-16-22-13-18-3-4-20(26(27,28)29)12-19(18)15-31(22)24(33)25(16)8-5-21(14-25)30-9-6-17(7-10-30)11-23(32)34-2/h3-4,12,16-17,21-22H,5-11,13-15H2,1-2H3. The molecule has 0 radical (unpaired) electrons. The van der Waals surface area contributed by atoms with Gasteiger partial charge in [0, 0.05) is 25.0 Å². The Morgan fingerprint density at radius 2 is 1.91 bits per heavy atom. The predicted molar refractivity (Wildman–Crippen MR) is 120 cm³/mol. The normalized spacial score (nSPS) is 32.2. The molecule has 186 valence electrons. The van der Waals surface area contributed by atoms with Crippen molar-refractivity contribution in [2.24, 2.45) is 17.3 Å². The van der Waals surface area contributed by atoms with Crippen molar-refractivity contribution in [2.45, 2.75) is 76.7 Å². The number of nitrogens with zero attached hydrogens (tertiary/aromatic N) is 2. The molecule has 1 aliphatic carbocycles. The number of hydrogen-bond donors (Lipinski definition) is 0. The summed E-state index contributed by atoms with van der Waals surface area (Å²) in [7, 11) is 1.43. The number of methoxy groups -OCH3 is 1. The maximum absolute atomic E-state index is 13.7. The van der Waals surface area contributed by atoms with Crippen LogP contribution < -0.4 is 0 Å². The zero-order chi connectivity index (χ0) is 24.3. The highest BCUT2D eigenvalue weighted by atomic mass is 19.4. The number of carbonyl (C=O) groups is 2. The second-order valence-electron chi connectivity index (χ2n) is 10.8. The summed E-state index contributed by atoms with van der Waals surface area (Å²) in [5, 5.41) is 0. The minimum Gasteiger partial charge on any atom is -0.469 e. The van der Waals surface area contributed by atoms with Gasteiger partial charge in [-0.3, -0.25) is 9.59 Å². The lowest BCUT2D eigenvalue weighted by Crippen LogP contribution is -2.42. The number of carbonyl (C=O) groups excluding carboxylic acids is 2. The number of hydrogen-bond acceptors (Lipinski definition) is 4. The quantitative estimate of drug-likeness (QED) is 0.604. The molecule has 1 aromatic rings. The van der Waals surface area contributed by atoms with Gasteiger partial charge in [-0.05, 0) is 86.7 Å². The highest BCUT2D eigenvalue weighted by Crippen LogP contribution is 2.55. The number of amides is 1. The van der Waals surface area contributed by atoms with Crippen molar-refractivity contribution < 1.29 is 27.5 Å². The van der Waals surface area contributed by atoms with Gasteiger partial charge in [-0.1, -0.05) is 13.0 Å². The first-order valence-electron chi connectivity index (χ1n) is 12.4. The van der Waals surface area contributed by atoms with Crippen LogP contribution in [0.3, 0.4) is 0 Å². The van der Waals surface area contributed by atoms with Gasteiger partial charge in [-0.15, -0.1) is 0 Å². The smallest absolute Gasteiger partial charge is 0.416 e. The fourth-order valence-corrected chi connectivity index (χ4v) is 7.11. The summed E-state index contributed by atoms with van der Waals surface area (Å²) in [5.41, 5.74) is 0.516. The van der Waals surface area contributed by atoms with E-state index in [2.05, 4.69) is 11.8 Å². The van der Waals surface area contributed by atoms with Crippen molar-refractivity contribution in [1.29, 1.82) is 0 Å². The van der Waals surface area contributed by atoms with Crippen LogP contribution in [0.1, 0.15) is 62.1 Å². The SMILES string of the molecule is COC(=O)CC1CCN(C2CCC3(C2)C(=O)N2Cc4cc(C(F)(F)F)ccc4CC2C3C)CC1. The van der Waals surface area contributed by atoms with Gasteiger partial charge in [0.25, 0.3) is 0 Å². The number of alkyl halides is 3. The zero-order valence-corrected chi connectivity index (χ0v) is 19.9. The zero-order valence-electron chi connectivity index (χ0n) is 19.9. The Morgan fingerprint density at radius 1 is 1.18 bits per heavy atom. The number of esters is 1. The summed E-state index contributed by atoms with van der Waals surface area (Å²) < 4.78 is 44.5. The highest BCUT2D eigenvalue weighted by Gasteiger charge is 2.60. The Balaban J connectivity index is 1.27.